The van der Waals surface area contributed by atoms with Gasteiger partial charge in [-0.3, -0.25) is 0 Å². The number of alkyl halides is 3. The number of hydrogen-bond donors (Lipinski definition) is 0. The number of aromatic nitrogens is 1. The maximum atomic E-state index is 12.6. The molecular formula is C18H12F3NO4. The molecule has 3 aromatic rings. The minimum absolute atomic E-state index is 0.143. The third kappa shape index (κ3) is 4.41. The van der Waals surface area contributed by atoms with Gasteiger partial charge in [-0.25, -0.2) is 4.79 Å². The average molecular weight is 363 g/mol. The van der Waals surface area contributed by atoms with E-state index in [0.29, 0.717) is 17.2 Å². The Labute approximate surface area is 145 Å². The van der Waals surface area contributed by atoms with Crippen LogP contribution in [-0.2, 0) is 22.3 Å². The number of furan rings is 1. The Bertz CT molecular complexity index is 911. The molecule has 0 N–H and O–H groups in total. The second kappa shape index (κ2) is 7.30. The van der Waals surface area contributed by atoms with E-state index in [1.54, 1.807) is 18.2 Å². The lowest BCUT2D eigenvalue weighted by atomic mass is 10.1. The van der Waals surface area contributed by atoms with Gasteiger partial charge in [-0.2, -0.15) is 13.2 Å². The maximum absolute atomic E-state index is 12.6. The van der Waals surface area contributed by atoms with Crippen LogP contribution in [0.25, 0.3) is 17.6 Å². The smallest absolute Gasteiger partial charge is 0.416 e. The van der Waals surface area contributed by atoms with Crippen molar-refractivity contribution in [1.29, 1.82) is 0 Å². The highest BCUT2D eigenvalue weighted by atomic mass is 19.4. The van der Waals surface area contributed by atoms with E-state index < -0.39 is 17.7 Å². The van der Waals surface area contributed by atoms with Crippen molar-refractivity contribution in [2.45, 2.75) is 12.8 Å². The van der Waals surface area contributed by atoms with E-state index in [-0.39, 0.29) is 12.2 Å². The van der Waals surface area contributed by atoms with Crippen molar-refractivity contribution < 1.29 is 31.6 Å². The predicted molar refractivity (Wildman–Crippen MR) is 84.5 cm³/mol. The van der Waals surface area contributed by atoms with Gasteiger partial charge in [-0.15, -0.1) is 0 Å². The first-order chi connectivity index (χ1) is 12.4. The predicted octanol–water partition coefficient (Wildman–Crippen LogP) is 4.71. The van der Waals surface area contributed by atoms with Crippen LogP contribution in [0.3, 0.4) is 0 Å². The van der Waals surface area contributed by atoms with Gasteiger partial charge < -0.3 is 13.7 Å². The van der Waals surface area contributed by atoms with Crippen molar-refractivity contribution >= 4 is 12.0 Å². The zero-order chi connectivity index (χ0) is 18.6. The van der Waals surface area contributed by atoms with Crippen LogP contribution >= 0.6 is 0 Å². The molecule has 2 aromatic heterocycles. The van der Waals surface area contributed by atoms with Crippen molar-refractivity contribution in [3.8, 4) is 11.5 Å². The zero-order valence-electron chi connectivity index (χ0n) is 13.2. The van der Waals surface area contributed by atoms with E-state index in [9.17, 15) is 18.0 Å². The van der Waals surface area contributed by atoms with Crippen LogP contribution in [0.2, 0.25) is 0 Å². The Balaban J connectivity index is 1.57. The van der Waals surface area contributed by atoms with E-state index >= 15 is 0 Å². The van der Waals surface area contributed by atoms with Gasteiger partial charge in [0.25, 0.3) is 0 Å². The lowest BCUT2D eigenvalue weighted by Crippen LogP contribution is -2.04. The van der Waals surface area contributed by atoms with Crippen LogP contribution in [0.4, 0.5) is 13.2 Å². The van der Waals surface area contributed by atoms with Gasteiger partial charge in [-0.05, 0) is 35.9 Å². The van der Waals surface area contributed by atoms with Crippen molar-refractivity contribution in [2.75, 3.05) is 0 Å². The lowest BCUT2D eigenvalue weighted by molar-refractivity contribution is -0.139. The normalized spacial score (nSPS) is 11.8. The summed E-state index contributed by atoms with van der Waals surface area (Å²) in [4.78, 5) is 11.7. The van der Waals surface area contributed by atoms with E-state index in [2.05, 4.69) is 5.16 Å². The van der Waals surface area contributed by atoms with E-state index in [0.717, 1.165) is 18.2 Å². The molecule has 1 aromatic carbocycles. The summed E-state index contributed by atoms with van der Waals surface area (Å²) in [5.74, 6) is 0.157. The molecule has 0 fully saturated rings. The highest BCUT2D eigenvalue weighted by Crippen LogP contribution is 2.29. The molecule has 0 radical (unpaired) electrons. The summed E-state index contributed by atoms with van der Waals surface area (Å²) in [6, 6.07) is 9.55. The summed E-state index contributed by atoms with van der Waals surface area (Å²) in [5, 5.41) is 3.74. The monoisotopic (exact) mass is 363 g/mol. The molecular weight excluding hydrogens is 351 g/mol. The average Bonchev–Trinajstić information content (AvgIpc) is 3.29. The molecule has 134 valence electrons. The first-order valence-electron chi connectivity index (χ1n) is 7.43. The van der Waals surface area contributed by atoms with Crippen molar-refractivity contribution in [3.63, 3.8) is 0 Å². The van der Waals surface area contributed by atoms with Gasteiger partial charge in [0, 0.05) is 12.1 Å². The minimum Gasteiger partial charge on any atom is -0.461 e. The molecule has 0 amide bonds. The summed E-state index contributed by atoms with van der Waals surface area (Å²) < 4.78 is 53.1. The molecule has 26 heavy (non-hydrogen) atoms. The number of ether oxygens (including phenoxy) is 1. The maximum Gasteiger partial charge on any atom is 0.416 e. The van der Waals surface area contributed by atoms with Crippen molar-refractivity contribution in [1.82, 2.24) is 5.16 Å². The number of hydrogen-bond acceptors (Lipinski definition) is 5. The van der Waals surface area contributed by atoms with Crippen LogP contribution in [-0.4, -0.2) is 11.1 Å². The summed E-state index contributed by atoms with van der Waals surface area (Å²) in [6.45, 7) is -0.143. The van der Waals surface area contributed by atoms with Gasteiger partial charge in [0.15, 0.2) is 5.76 Å². The Hall–Kier alpha value is -3.29. The number of rotatable bonds is 5. The first kappa shape index (κ1) is 17.5. The van der Waals surface area contributed by atoms with Crippen LogP contribution in [0, 0.1) is 0 Å². The molecule has 0 spiro atoms. The number of esters is 1. The van der Waals surface area contributed by atoms with E-state index in [1.807, 2.05) is 0 Å². The zero-order valence-corrected chi connectivity index (χ0v) is 13.2. The molecule has 0 bridgehead atoms. The fourth-order valence-corrected chi connectivity index (χ4v) is 2.09. The van der Waals surface area contributed by atoms with Gasteiger partial charge in [0.2, 0.25) is 5.76 Å². The molecule has 2 heterocycles. The highest BCUT2D eigenvalue weighted by molar-refractivity contribution is 5.87. The van der Waals surface area contributed by atoms with E-state index in [4.69, 9.17) is 13.7 Å². The van der Waals surface area contributed by atoms with Crippen molar-refractivity contribution in [2.24, 2.45) is 0 Å². The van der Waals surface area contributed by atoms with Crippen molar-refractivity contribution in [3.05, 3.63) is 71.6 Å². The number of halogens is 3. The molecule has 0 atom stereocenters. The topological polar surface area (TPSA) is 65.5 Å². The number of carbonyl (C=O) groups excluding carboxylic acids is 1. The Morgan fingerprint density at radius 2 is 2.00 bits per heavy atom. The van der Waals surface area contributed by atoms with Gasteiger partial charge >= 0.3 is 12.1 Å². The van der Waals surface area contributed by atoms with Crippen LogP contribution in [0.15, 0.2) is 63.7 Å². The molecule has 8 heteroatoms. The molecule has 0 aliphatic rings. The SMILES string of the molecule is O=C(/C=C/c1cccc(C(F)(F)F)c1)OCc1cc(-c2ccco2)on1. The Morgan fingerprint density at radius 1 is 1.15 bits per heavy atom. The number of carbonyl (C=O) groups is 1. The largest absolute Gasteiger partial charge is 0.461 e. The summed E-state index contributed by atoms with van der Waals surface area (Å²) in [6.07, 6.45) is -0.670. The highest BCUT2D eigenvalue weighted by Gasteiger charge is 2.30. The molecule has 0 unspecified atom stereocenters. The lowest BCUT2D eigenvalue weighted by Gasteiger charge is -2.06. The molecule has 5 nitrogen and oxygen atoms in total. The fourth-order valence-electron chi connectivity index (χ4n) is 2.09. The minimum atomic E-state index is -4.44. The second-order valence-electron chi connectivity index (χ2n) is 5.22. The third-order valence-corrected chi connectivity index (χ3v) is 3.31. The molecule has 3 rings (SSSR count). The van der Waals surface area contributed by atoms with Gasteiger partial charge in [-0.1, -0.05) is 17.3 Å². The number of benzene rings is 1. The molecule has 0 aliphatic heterocycles. The summed E-state index contributed by atoms with van der Waals surface area (Å²) in [5.41, 5.74) is -0.184. The third-order valence-electron chi connectivity index (χ3n) is 3.31. The number of nitrogens with zero attached hydrogens (tertiary/aromatic N) is 1. The standard InChI is InChI=1S/C18H12F3NO4/c19-18(20,21)13-4-1-3-12(9-13)6-7-17(23)25-11-14-10-16(26-22-14)15-5-2-8-24-15/h1-10H,11H2/b7-6+. The van der Waals surface area contributed by atoms with Crippen LogP contribution < -0.4 is 0 Å². The Kier molecular flexibility index (Phi) is 4.92. The summed E-state index contributed by atoms with van der Waals surface area (Å²) in [7, 11) is 0. The van der Waals surface area contributed by atoms with Gasteiger partial charge in [0.1, 0.15) is 12.3 Å². The summed E-state index contributed by atoms with van der Waals surface area (Å²) >= 11 is 0. The molecule has 0 saturated heterocycles. The van der Waals surface area contributed by atoms with Gasteiger partial charge in [0.05, 0.1) is 11.8 Å². The van der Waals surface area contributed by atoms with Crippen LogP contribution in [0.5, 0.6) is 0 Å². The quantitative estimate of drug-likeness (QED) is 0.485. The van der Waals surface area contributed by atoms with Crippen LogP contribution in [0.1, 0.15) is 16.8 Å². The second-order valence-corrected chi connectivity index (χ2v) is 5.22. The molecule has 0 aliphatic carbocycles. The fraction of sp³-hybridized carbons (Fsp3) is 0.111. The first-order valence-corrected chi connectivity index (χ1v) is 7.43. The molecule has 0 saturated carbocycles. The Morgan fingerprint density at radius 3 is 2.73 bits per heavy atom. The van der Waals surface area contributed by atoms with E-state index in [1.165, 1.54) is 24.5 Å².